The highest BCUT2D eigenvalue weighted by Gasteiger charge is 2.25. The molecule has 0 aromatic carbocycles. The number of hydrogen-bond acceptors (Lipinski definition) is 5. The number of rotatable bonds is 5. The Morgan fingerprint density at radius 2 is 2.45 bits per heavy atom. The molecular weight excluding hydrogens is 282 g/mol. The van der Waals surface area contributed by atoms with Gasteiger partial charge in [-0.1, -0.05) is 0 Å². The molecule has 2 N–H and O–H groups in total. The molecule has 1 aromatic heterocycles. The minimum absolute atomic E-state index is 0.0544. The van der Waals surface area contributed by atoms with Gasteiger partial charge in [0.05, 0.1) is 11.1 Å². The van der Waals surface area contributed by atoms with Crippen LogP contribution in [-0.2, 0) is 11.2 Å². The van der Waals surface area contributed by atoms with E-state index >= 15 is 0 Å². The molecule has 2 heterocycles. The molecule has 110 valence electrons. The van der Waals surface area contributed by atoms with Crippen molar-refractivity contribution in [1.82, 2.24) is 15.2 Å². The Morgan fingerprint density at radius 1 is 1.65 bits per heavy atom. The number of carboxylic acid groups (broad SMARTS) is 1. The predicted octanol–water partition coefficient (Wildman–Crippen LogP) is 0.814. The Bertz CT molecular complexity index is 491. The summed E-state index contributed by atoms with van der Waals surface area (Å²) in [5.74, 6) is -1.03. The van der Waals surface area contributed by atoms with Gasteiger partial charge >= 0.3 is 12.0 Å². The second-order valence-corrected chi connectivity index (χ2v) is 5.45. The lowest BCUT2D eigenvalue weighted by molar-refractivity contribution is 0.0691. The molecule has 1 saturated heterocycles. The van der Waals surface area contributed by atoms with E-state index in [1.807, 2.05) is 0 Å². The smallest absolute Gasteiger partial charge is 0.355 e. The van der Waals surface area contributed by atoms with Gasteiger partial charge in [-0.25, -0.2) is 14.6 Å². The molecule has 2 rings (SSSR count). The molecule has 1 unspecified atom stereocenters. The second kappa shape index (κ2) is 6.67. The molecule has 0 radical (unpaired) electrons. The first kappa shape index (κ1) is 14.7. The van der Waals surface area contributed by atoms with E-state index in [-0.39, 0.29) is 17.8 Å². The predicted molar refractivity (Wildman–Crippen MR) is 73.2 cm³/mol. The number of ether oxygens (including phenoxy) is 1. The average molecular weight is 299 g/mol. The maximum atomic E-state index is 11.9. The Labute approximate surface area is 120 Å². The van der Waals surface area contributed by atoms with Crippen LogP contribution in [0.15, 0.2) is 5.38 Å². The molecule has 1 aliphatic rings. The third-order valence-electron chi connectivity index (χ3n) is 3.15. The molecule has 1 aliphatic heterocycles. The third kappa shape index (κ3) is 3.67. The number of aromatic carboxylic acids is 1. The monoisotopic (exact) mass is 299 g/mol. The van der Waals surface area contributed by atoms with Crippen LogP contribution < -0.4 is 5.32 Å². The van der Waals surface area contributed by atoms with Crippen molar-refractivity contribution >= 4 is 23.3 Å². The molecular formula is C12H17N3O4S. The number of carbonyl (C=O) groups is 2. The van der Waals surface area contributed by atoms with Crippen molar-refractivity contribution in [2.45, 2.75) is 18.9 Å². The average Bonchev–Trinajstić information content (AvgIpc) is 3.07. The fraction of sp³-hybridized carbons (Fsp3) is 0.583. The quantitative estimate of drug-likeness (QED) is 0.839. The zero-order chi connectivity index (χ0) is 14.5. The summed E-state index contributed by atoms with van der Waals surface area (Å²) in [6.45, 7) is 1.76. The summed E-state index contributed by atoms with van der Waals surface area (Å²) < 4.78 is 5.20. The standard InChI is InChI=1S/C12H17N3O4S/c1-19-8-3-5-15(6-8)12(18)13-4-2-10-14-9(7-20-10)11(16)17/h7-8H,2-6H2,1H3,(H,13,18)(H,16,17). The maximum Gasteiger partial charge on any atom is 0.355 e. The molecule has 0 bridgehead atoms. The van der Waals surface area contributed by atoms with Gasteiger partial charge in [0.1, 0.15) is 0 Å². The first-order valence-corrected chi connectivity index (χ1v) is 7.21. The SMILES string of the molecule is COC1CCN(C(=O)NCCc2nc(C(=O)O)cs2)C1. The van der Waals surface area contributed by atoms with Gasteiger partial charge in [0.2, 0.25) is 0 Å². The number of urea groups is 1. The molecule has 1 aromatic rings. The van der Waals surface area contributed by atoms with Gasteiger partial charge in [-0.3, -0.25) is 0 Å². The fourth-order valence-electron chi connectivity index (χ4n) is 2.02. The van der Waals surface area contributed by atoms with Crippen molar-refractivity contribution in [3.8, 4) is 0 Å². The van der Waals surface area contributed by atoms with Crippen molar-refractivity contribution < 1.29 is 19.4 Å². The number of hydrogen-bond donors (Lipinski definition) is 2. The molecule has 7 nitrogen and oxygen atoms in total. The van der Waals surface area contributed by atoms with Crippen LogP contribution in [0.25, 0.3) is 0 Å². The zero-order valence-electron chi connectivity index (χ0n) is 11.2. The number of amides is 2. The molecule has 0 aliphatic carbocycles. The third-order valence-corrected chi connectivity index (χ3v) is 4.06. The van der Waals surface area contributed by atoms with Crippen molar-refractivity contribution in [2.24, 2.45) is 0 Å². The Morgan fingerprint density at radius 3 is 3.05 bits per heavy atom. The second-order valence-electron chi connectivity index (χ2n) is 4.51. The summed E-state index contributed by atoms with van der Waals surface area (Å²) in [7, 11) is 1.65. The normalized spacial score (nSPS) is 18.2. The summed E-state index contributed by atoms with van der Waals surface area (Å²) in [6, 6.07) is -0.112. The molecule has 1 atom stereocenters. The molecule has 0 saturated carbocycles. The van der Waals surface area contributed by atoms with Gasteiger partial charge in [0.25, 0.3) is 0 Å². The molecule has 20 heavy (non-hydrogen) atoms. The van der Waals surface area contributed by atoms with Crippen LogP contribution in [0, 0.1) is 0 Å². The highest BCUT2D eigenvalue weighted by molar-refractivity contribution is 7.09. The van der Waals surface area contributed by atoms with Crippen molar-refractivity contribution in [3.63, 3.8) is 0 Å². The number of nitrogens with one attached hydrogen (secondary N) is 1. The van der Waals surface area contributed by atoms with Crippen molar-refractivity contribution in [1.29, 1.82) is 0 Å². The lowest BCUT2D eigenvalue weighted by Gasteiger charge is -2.16. The van der Waals surface area contributed by atoms with Crippen LogP contribution in [-0.4, -0.2) is 59.8 Å². The van der Waals surface area contributed by atoms with Crippen LogP contribution in [0.4, 0.5) is 4.79 Å². The van der Waals surface area contributed by atoms with E-state index < -0.39 is 5.97 Å². The number of carbonyl (C=O) groups excluding carboxylic acids is 1. The number of methoxy groups -OCH3 is 1. The maximum absolute atomic E-state index is 11.9. The van der Waals surface area contributed by atoms with Gasteiger partial charge in [0.15, 0.2) is 5.69 Å². The Kier molecular flexibility index (Phi) is 4.91. The van der Waals surface area contributed by atoms with E-state index in [9.17, 15) is 9.59 Å². The van der Waals surface area contributed by atoms with E-state index in [1.165, 1.54) is 16.7 Å². The van der Waals surface area contributed by atoms with E-state index in [1.54, 1.807) is 12.0 Å². The number of thiazole rings is 1. The molecule has 2 amide bonds. The number of nitrogens with zero attached hydrogens (tertiary/aromatic N) is 2. The fourth-order valence-corrected chi connectivity index (χ4v) is 2.79. The summed E-state index contributed by atoms with van der Waals surface area (Å²) in [4.78, 5) is 28.2. The number of aromatic nitrogens is 1. The summed E-state index contributed by atoms with van der Waals surface area (Å²) in [5.41, 5.74) is 0.0544. The van der Waals surface area contributed by atoms with Gasteiger partial charge < -0.3 is 20.1 Å². The van der Waals surface area contributed by atoms with E-state index in [2.05, 4.69) is 10.3 Å². The minimum atomic E-state index is -1.03. The highest BCUT2D eigenvalue weighted by Crippen LogP contribution is 2.12. The van der Waals surface area contributed by atoms with Crippen molar-refractivity contribution in [2.75, 3.05) is 26.7 Å². The van der Waals surface area contributed by atoms with E-state index in [0.717, 1.165) is 6.42 Å². The lowest BCUT2D eigenvalue weighted by Crippen LogP contribution is -2.39. The van der Waals surface area contributed by atoms with Crippen LogP contribution in [0.5, 0.6) is 0 Å². The van der Waals surface area contributed by atoms with Gasteiger partial charge in [-0.15, -0.1) is 11.3 Å². The largest absolute Gasteiger partial charge is 0.476 e. The molecule has 1 fully saturated rings. The van der Waals surface area contributed by atoms with Crippen LogP contribution >= 0.6 is 11.3 Å². The van der Waals surface area contributed by atoms with Gasteiger partial charge in [-0.2, -0.15) is 0 Å². The first-order chi connectivity index (χ1) is 9.60. The topological polar surface area (TPSA) is 91.8 Å². The highest BCUT2D eigenvalue weighted by atomic mass is 32.1. The summed E-state index contributed by atoms with van der Waals surface area (Å²) >= 11 is 1.29. The summed E-state index contributed by atoms with van der Waals surface area (Å²) in [6.07, 6.45) is 1.52. The van der Waals surface area contributed by atoms with Crippen LogP contribution in [0.1, 0.15) is 21.9 Å². The van der Waals surface area contributed by atoms with E-state index in [0.29, 0.717) is 31.1 Å². The first-order valence-electron chi connectivity index (χ1n) is 6.33. The van der Waals surface area contributed by atoms with Crippen molar-refractivity contribution in [3.05, 3.63) is 16.1 Å². The number of carboxylic acids is 1. The Hall–Kier alpha value is -1.67. The van der Waals surface area contributed by atoms with Crippen LogP contribution in [0.3, 0.4) is 0 Å². The van der Waals surface area contributed by atoms with Gasteiger partial charge in [0, 0.05) is 38.5 Å². The molecule has 0 spiro atoms. The summed E-state index contributed by atoms with van der Waals surface area (Å²) in [5, 5.41) is 13.8. The van der Waals surface area contributed by atoms with Crippen LogP contribution in [0.2, 0.25) is 0 Å². The number of likely N-dealkylation sites (tertiary alicyclic amines) is 1. The van der Waals surface area contributed by atoms with Gasteiger partial charge in [-0.05, 0) is 6.42 Å². The Balaban J connectivity index is 1.72. The lowest BCUT2D eigenvalue weighted by atomic mass is 10.3. The molecule has 8 heteroatoms. The van der Waals surface area contributed by atoms with E-state index in [4.69, 9.17) is 9.84 Å². The zero-order valence-corrected chi connectivity index (χ0v) is 12.0. The minimum Gasteiger partial charge on any atom is -0.476 e.